The summed E-state index contributed by atoms with van der Waals surface area (Å²) in [4.78, 5) is 15.3. The second-order valence-electron chi connectivity index (χ2n) is 9.64. The average molecular weight is 488 g/mol. The number of phenols is 1. The highest BCUT2D eigenvalue weighted by Gasteiger charge is 2.55. The van der Waals surface area contributed by atoms with Crippen LogP contribution in [0.2, 0.25) is 5.02 Å². The SMILES string of the molecule is Cc1cc(O)c(C2NNC3C(=O)N(CCCO)C(c4cccc(OCCC(C)C)c4)C32)cc1Cl. The number of carbonyl (C=O) groups excluding carboxylic acids is 1. The third-order valence-corrected chi connectivity index (χ3v) is 7.18. The number of phenolic OH excluding ortho intramolecular Hbond substituents is 1. The number of halogens is 1. The summed E-state index contributed by atoms with van der Waals surface area (Å²) >= 11 is 6.40. The Morgan fingerprint density at radius 3 is 2.68 bits per heavy atom. The number of benzene rings is 2. The summed E-state index contributed by atoms with van der Waals surface area (Å²) in [6, 6.07) is 10.3. The predicted molar refractivity (Wildman–Crippen MR) is 132 cm³/mol. The number of hydrogen-bond donors (Lipinski definition) is 4. The molecule has 184 valence electrons. The number of rotatable bonds is 9. The van der Waals surface area contributed by atoms with E-state index in [0.29, 0.717) is 36.1 Å². The fraction of sp³-hybridized carbons (Fsp3) is 0.500. The van der Waals surface area contributed by atoms with E-state index in [-0.39, 0.29) is 36.3 Å². The van der Waals surface area contributed by atoms with Gasteiger partial charge in [0.15, 0.2) is 0 Å². The van der Waals surface area contributed by atoms with Gasteiger partial charge in [0.2, 0.25) is 5.91 Å². The van der Waals surface area contributed by atoms with E-state index in [0.717, 1.165) is 23.3 Å². The third-order valence-electron chi connectivity index (χ3n) is 6.78. The lowest BCUT2D eigenvalue weighted by Gasteiger charge is -2.31. The number of likely N-dealkylation sites (tertiary alicyclic amines) is 1. The van der Waals surface area contributed by atoms with Crippen molar-refractivity contribution in [3.05, 3.63) is 58.1 Å². The fourth-order valence-corrected chi connectivity index (χ4v) is 5.16. The zero-order valence-electron chi connectivity index (χ0n) is 19.9. The molecule has 4 unspecified atom stereocenters. The number of nitrogens with zero attached hydrogens (tertiary/aromatic N) is 1. The number of ether oxygens (including phenoxy) is 1. The number of amides is 1. The molecule has 2 heterocycles. The maximum Gasteiger partial charge on any atom is 0.242 e. The number of nitrogens with one attached hydrogen (secondary N) is 2. The largest absolute Gasteiger partial charge is 0.508 e. The summed E-state index contributed by atoms with van der Waals surface area (Å²) in [6.07, 6.45) is 1.45. The molecule has 34 heavy (non-hydrogen) atoms. The van der Waals surface area contributed by atoms with Gasteiger partial charge < -0.3 is 19.8 Å². The van der Waals surface area contributed by atoms with E-state index in [1.54, 1.807) is 12.1 Å². The van der Waals surface area contributed by atoms with Crippen LogP contribution in [0, 0.1) is 18.8 Å². The summed E-state index contributed by atoms with van der Waals surface area (Å²) in [7, 11) is 0. The van der Waals surface area contributed by atoms with Crippen molar-refractivity contribution in [2.45, 2.75) is 51.7 Å². The Balaban J connectivity index is 1.70. The molecule has 2 aliphatic heterocycles. The molecule has 4 atom stereocenters. The van der Waals surface area contributed by atoms with Gasteiger partial charge in [0, 0.05) is 29.7 Å². The molecule has 2 aliphatic rings. The molecule has 2 saturated heterocycles. The molecule has 4 N–H and O–H groups in total. The van der Waals surface area contributed by atoms with Crippen LogP contribution in [0.5, 0.6) is 11.5 Å². The fourth-order valence-electron chi connectivity index (χ4n) is 4.99. The Labute approximate surface area is 206 Å². The van der Waals surface area contributed by atoms with Crippen molar-refractivity contribution in [1.82, 2.24) is 15.8 Å². The van der Waals surface area contributed by atoms with Crippen molar-refractivity contribution in [3.8, 4) is 11.5 Å². The lowest BCUT2D eigenvalue weighted by atomic mass is 9.83. The molecule has 0 saturated carbocycles. The Morgan fingerprint density at radius 2 is 1.94 bits per heavy atom. The molecule has 0 aliphatic carbocycles. The molecule has 1 amide bonds. The van der Waals surface area contributed by atoms with Gasteiger partial charge >= 0.3 is 0 Å². The number of aryl methyl sites for hydroxylation is 1. The van der Waals surface area contributed by atoms with Crippen molar-refractivity contribution in [2.24, 2.45) is 11.8 Å². The Bertz CT molecular complexity index is 1030. The van der Waals surface area contributed by atoms with Crippen LogP contribution in [0.1, 0.15) is 55.5 Å². The summed E-state index contributed by atoms with van der Waals surface area (Å²) in [5.41, 5.74) is 8.80. The molecule has 4 rings (SSSR count). The number of aromatic hydroxyl groups is 1. The minimum absolute atomic E-state index is 0.00759. The van der Waals surface area contributed by atoms with Crippen LogP contribution < -0.4 is 15.6 Å². The van der Waals surface area contributed by atoms with Crippen molar-refractivity contribution < 1.29 is 19.7 Å². The molecule has 0 bridgehead atoms. The van der Waals surface area contributed by atoms with Gasteiger partial charge in [0.05, 0.1) is 18.7 Å². The van der Waals surface area contributed by atoms with Crippen molar-refractivity contribution in [1.29, 1.82) is 0 Å². The number of aliphatic hydroxyl groups is 1. The van der Waals surface area contributed by atoms with E-state index in [2.05, 4.69) is 24.7 Å². The monoisotopic (exact) mass is 487 g/mol. The molecule has 2 aromatic carbocycles. The van der Waals surface area contributed by atoms with Gasteiger partial charge in [0.25, 0.3) is 0 Å². The molecule has 7 nitrogen and oxygen atoms in total. The topological polar surface area (TPSA) is 94.1 Å². The van der Waals surface area contributed by atoms with Crippen molar-refractivity contribution >= 4 is 17.5 Å². The first kappa shape index (κ1) is 24.8. The lowest BCUT2D eigenvalue weighted by molar-refractivity contribution is -0.130. The smallest absolute Gasteiger partial charge is 0.242 e. The summed E-state index contributed by atoms with van der Waals surface area (Å²) in [5, 5.41) is 20.7. The maximum atomic E-state index is 13.4. The van der Waals surface area contributed by atoms with Gasteiger partial charge in [-0.3, -0.25) is 4.79 Å². The number of hydrogen-bond acceptors (Lipinski definition) is 6. The molecule has 2 aromatic rings. The van der Waals surface area contributed by atoms with Gasteiger partial charge in [-0.25, -0.2) is 10.9 Å². The second-order valence-corrected chi connectivity index (χ2v) is 10.0. The van der Waals surface area contributed by atoms with E-state index in [9.17, 15) is 15.0 Å². The normalized spacial score (nSPS) is 24.2. The molecule has 8 heteroatoms. The summed E-state index contributed by atoms with van der Waals surface area (Å²) < 4.78 is 6.00. The third kappa shape index (κ3) is 4.89. The first-order chi connectivity index (χ1) is 16.3. The van der Waals surface area contributed by atoms with Crippen LogP contribution in [0.15, 0.2) is 36.4 Å². The van der Waals surface area contributed by atoms with Crippen LogP contribution in [0.25, 0.3) is 0 Å². The minimum atomic E-state index is -0.460. The predicted octanol–water partition coefficient (Wildman–Crippen LogP) is 3.88. The number of carbonyl (C=O) groups is 1. The highest BCUT2D eigenvalue weighted by molar-refractivity contribution is 6.31. The first-order valence-corrected chi connectivity index (χ1v) is 12.3. The van der Waals surface area contributed by atoms with E-state index < -0.39 is 6.04 Å². The number of aliphatic hydroxyl groups excluding tert-OH is 1. The highest BCUT2D eigenvalue weighted by Crippen LogP contribution is 2.49. The van der Waals surface area contributed by atoms with Crippen molar-refractivity contribution in [2.75, 3.05) is 19.8 Å². The van der Waals surface area contributed by atoms with Gasteiger partial charge in [-0.05, 0) is 61.1 Å². The average Bonchev–Trinajstić information content (AvgIpc) is 3.33. The zero-order valence-corrected chi connectivity index (χ0v) is 20.7. The van der Waals surface area contributed by atoms with Crippen LogP contribution in [-0.2, 0) is 4.79 Å². The Hall–Kier alpha value is -2.32. The van der Waals surface area contributed by atoms with Crippen molar-refractivity contribution in [3.63, 3.8) is 0 Å². The molecule has 2 fully saturated rings. The Morgan fingerprint density at radius 1 is 1.18 bits per heavy atom. The molecule has 0 aromatic heterocycles. The first-order valence-electron chi connectivity index (χ1n) is 12.0. The molecule has 0 radical (unpaired) electrons. The van der Waals surface area contributed by atoms with Crippen LogP contribution >= 0.6 is 11.6 Å². The van der Waals surface area contributed by atoms with E-state index in [4.69, 9.17) is 16.3 Å². The van der Waals surface area contributed by atoms with E-state index in [1.165, 1.54) is 0 Å². The highest BCUT2D eigenvalue weighted by atomic mass is 35.5. The number of hydrazine groups is 1. The number of fused-ring (bicyclic) bond motifs is 1. The minimum Gasteiger partial charge on any atom is -0.508 e. The molecular weight excluding hydrogens is 454 g/mol. The molecular formula is C26H34ClN3O4. The van der Waals surface area contributed by atoms with Gasteiger partial charge in [-0.1, -0.05) is 37.6 Å². The van der Waals surface area contributed by atoms with E-state index >= 15 is 0 Å². The van der Waals surface area contributed by atoms with Crippen LogP contribution in [0.3, 0.4) is 0 Å². The summed E-state index contributed by atoms with van der Waals surface area (Å²) in [6.45, 7) is 7.25. The Kier molecular flexibility index (Phi) is 7.67. The zero-order chi connectivity index (χ0) is 24.4. The van der Waals surface area contributed by atoms with Gasteiger partial charge in [0.1, 0.15) is 17.5 Å². The second kappa shape index (κ2) is 10.5. The van der Waals surface area contributed by atoms with E-state index in [1.807, 2.05) is 36.1 Å². The van der Waals surface area contributed by atoms with Gasteiger partial charge in [-0.15, -0.1) is 0 Å². The lowest BCUT2D eigenvalue weighted by Crippen LogP contribution is -2.41. The molecule has 0 spiro atoms. The van der Waals surface area contributed by atoms with Crippen LogP contribution in [-0.4, -0.2) is 46.8 Å². The standard InChI is InChI=1S/C26H34ClN3O4/c1-15(2)8-11-34-18-7-4-6-17(13-18)25-22-23(19-14-20(27)16(3)12-21(19)32)28-29-24(22)26(33)30(25)9-5-10-31/h4,6-7,12-15,22-25,28-29,31-32H,5,8-11H2,1-3H3. The maximum absolute atomic E-state index is 13.4. The quantitative estimate of drug-likeness (QED) is 0.429. The van der Waals surface area contributed by atoms with Gasteiger partial charge in [-0.2, -0.15) is 0 Å². The van der Waals surface area contributed by atoms with Crippen LogP contribution in [0.4, 0.5) is 0 Å². The summed E-state index contributed by atoms with van der Waals surface area (Å²) in [5.74, 6) is 1.25.